The zero-order valence-corrected chi connectivity index (χ0v) is 12.2. The molecule has 1 heterocycles. The molecule has 1 aromatic carbocycles. The quantitative estimate of drug-likeness (QED) is 0.891. The van der Waals surface area contributed by atoms with Crippen LogP contribution >= 0.6 is 11.6 Å². The lowest BCUT2D eigenvalue weighted by Gasteiger charge is -2.08. The third-order valence-electron chi connectivity index (χ3n) is 3.31. The van der Waals surface area contributed by atoms with E-state index in [-0.39, 0.29) is 5.91 Å². The number of anilines is 1. The van der Waals surface area contributed by atoms with Crippen molar-refractivity contribution in [2.45, 2.75) is 25.4 Å². The second-order valence-corrected chi connectivity index (χ2v) is 5.51. The van der Waals surface area contributed by atoms with Crippen molar-refractivity contribution in [3.63, 3.8) is 0 Å². The molecule has 2 aromatic rings. The lowest BCUT2D eigenvalue weighted by Crippen LogP contribution is -2.24. The summed E-state index contributed by atoms with van der Waals surface area (Å²) in [5.74, 6) is 0.553. The summed E-state index contributed by atoms with van der Waals surface area (Å²) >= 11 is 6.07. The molecule has 1 saturated carbocycles. The third-order valence-corrected chi connectivity index (χ3v) is 3.68. The second kappa shape index (κ2) is 6.14. The Labute approximate surface area is 128 Å². The summed E-state index contributed by atoms with van der Waals surface area (Å²) in [7, 11) is 0. The molecule has 4 nitrogen and oxygen atoms in total. The number of halogens is 1. The van der Waals surface area contributed by atoms with Crippen molar-refractivity contribution in [2.24, 2.45) is 0 Å². The highest BCUT2D eigenvalue weighted by molar-refractivity contribution is 6.31. The fourth-order valence-electron chi connectivity index (χ4n) is 1.99. The fraction of sp³-hybridized carbons (Fsp3) is 0.250. The minimum absolute atomic E-state index is 0.200. The monoisotopic (exact) mass is 301 g/mol. The standard InChI is InChI=1S/C16H16ClN3O/c17-13-5-2-1-4-11(13)10-18-16(21)14-6-3-7-15(20-14)19-12-8-9-12/h1-7,12H,8-10H2,(H,18,21)(H,19,20). The molecule has 2 N–H and O–H groups in total. The van der Waals surface area contributed by atoms with E-state index >= 15 is 0 Å². The van der Waals surface area contributed by atoms with Gasteiger partial charge in [-0.15, -0.1) is 0 Å². The molecule has 108 valence electrons. The summed E-state index contributed by atoms with van der Waals surface area (Å²) in [6.07, 6.45) is 2.34. The smallest absolute Gasteiger partial charge is 0.270 e. The number of nitrogens with zero attached hydrogens (tertiary/aromatic N) is 1. The van der Waals surface area contributed by atoms with Gasteiger partial charge in [0.25, 0.3) is 5.91 Å². The first kappa shape index (κ1) is 13.9. The summed E-state index contributed by atoms with van der Waals surface area (Å²) in [5, 5.41) is 6.77. The van der Waals surface area contributed by atoms with Gasteiger partial charge in [0.1, 0.15) is 11.5 Å². The van der Waals surface area contributed by atoms with Crippen LogP contribution in [0.5, 0.6) is 0 Å². The predicted molar refractivity (Wildman–Crippen MR) is 83.5 cm³/mol. The van der Waals surface area contributed by atoms with Gasteiger partial charge in [-0.25, -0.2) is 4.98 Å². The summed E-state index contributed by atoms with van der Waals surface area (Å²) in [4.78, 5) is 16.5. The van der Waals surface area contributed by atoms with E-state index in [9.17, 15) is 4.79 Å². The average molecular weight is 302 g/mol. The Morgan fingerprint density at radius 2 is 2.00 bits per heavy atom. The van der Waals surface area contributed by atoms with Gasteiger partial charge in [-0.05, 0) is 36.6 Å². The molecule has 5 heteroatoms. The number of rotatable bonds is 5. The Kier molecular flexibility index (Phi) is 4.06. The minimum atomic E-state index is -0.200. The van der Waals surface area contributed by atoms with Crippen LogP contribution in [0, 0.1) is 0 Å². The van der Waals surface area contributed by atoms with Crippen molar-refractivity contribution in [3.05, 3.63) is 58.7 Å². The number of amides is 1. The number of nitrogens with one attached hydrogen (secondary N) is 2. The molecule has 1 aliphatic carbocycles. The van der Waals surface area contributed by atoms with Crippen LogP contribution in [0.4, 0.5) is 5.82 Å². The van der Waals surface area contributed by atoms with E-state index in [0.717, 1.165) is 11.4 Å². The third kappa shape index (κ3) is 3.73. The zero-order valence-electron chi connectivity index (χ0n) is 11.5. The summed E-state index contributed by atoms with van der Waals surface area (Å²) in [6, 6.07) is 13.4. The number of hydrogen-bond donors (Lipinski definition) is 2. The van der Waals surface area contributed by atoms with Gasteiger partial charge >= 0.3 is 0 Å². The first-order valence-electron chi connectivity index (χ1n) is 6.97. The van der Waals surface area contributed by atoms with Crippen LogP contribution < -0.4 is 10.6 Å². The number of hydrogen-bond acceptors (Lipinski definition) is 3. The van der Waals surface area contributed by atoms with Gasteiger partial charge in [0, 0.05) is 17.6 Å². The van der Waals surface area contributed by atoms with E-state index in [1.165, 1.54) is 12.8 Å². The van der Waals surface area contributed by atoms with Crippen molar-refractivity contribution < 1.29 is 4.79 Å². The molecular weight excluding hydrogens is 286 g/mol. The minimum Gasteiger partial charge on any atom is -0.367 e. The van der Waals surface area contributed by atoms with Gasteiger partial charge in [-0.2, -0.15) is 0 Å². The van der Waals surface area contributed by atoms with Gasteiger partial charge in [0.2, 0.25) is 0 Å². The summed E-state index contributed by atoms with van der Waals surface area (Å²) in [5.41, 5.74) is 1.30. The van der Waals surface area contributed by atoms with Crippen LogP contribution in [0.1, 0.15) is 28.9 Å². The van der Waals surface area contributed by atoms with Crippen LogP contribution in [0.3, 0.4) is 0 Å². The number of benzene rings is 1. The molecule has 0 unspecified atom stereocenters. The van der Waals surface area contributed by atoms with Crippen molar-refractivity contribution >= 4 is 23.3 Å². The number of carbonyl (C=O) groups excluding carboxylic acids is 1. The molecule has 0 saturated heterocycles. The highest BCUT2D eigenvalue weighted by Gasteiger charge is 2.21. The van der Waals surface area contributed by atoms with Gasteiger partial charge in [-0.1, -0.05) is 35.9 Å². The Bertz CT molecular complexity index is 655. The molecule has 0 aliphatic heterocycles. The topological polar surface area (TPSA) is 54.0 Å². The van der Waals surface area contributed by atoms with Gasteiger partial charge < -0.3 is 10.6 Å². The van der Waals surface area contributed by atoms with E-state index in [1.54, 1.807) is 6.07 Å². The molecule has 0 radical (unpaired) electrons. The molecule has 0 bridgehead atoms. The molecule has 21 heavy (non-hydrogen) atoms. The zero-order chi connectivity index (χ0) is 14.7. The normalized spacial score (nSPS) is 13.8. The van der Waals surface area contributed by atoms with Crippen molar-refractivity contribution in [3.8, 4) is 0 Å². The van der Waals surface area contributed by atoms with Gasteiger partial charge in [0.05, 0.1) is 0 Å². The molecular formula is C16H16ClN3O. The van der Waals surface area contributed by atoms with E-state index in [2.05, 4.69) is 15.6 Å². The second-order valence-electron chi connectivity index (χ2n) is 5.10. The van der Waals surface area contributed by atoms with Crippen molar-refractivity contribution in [2.75, 3.05) is 5.32 Å². The Morgan fingerprint density at radius 3 is 2.76 bits per heavy atom. The summed E-state index contributed by atoms with van der Waals surface area (Å²) in [6.45, 7) is 0.389. The van der Waals surface area contributed by atoms with Crippen LogP contribution in [0.2, 0.25) is 5.02 Å². The van der Waals surface area contributed by atoms with E-state index in [0.29, 0.717) is 23.3 Å². The Hall–Kier alpha value is -2.07. The van der Waals surface area contributed by atoms with Crippen LogP contribution in [-0.4, -0.2) is 16.9 Å². The maximum Gasteiger partial charge on any atom is 0.270 e. The lowest BCUT2D eigenvalue weighted by atomic mass is 10.2. The predicted octanol–water partition coefficient (Wildman–Crippen LogP) is 3.24. The van der Waals surface area contributed by atoms with Gasteiger partial charge in [-0.3, -0.25) is 4.79 Å². The Balaban J connectivity index is 1.63. The highest BCUT2D eigenvalue weighted by atomic mass is 35.5. The van der Waals surface area contributed by atoms with Crippen LogP contribution in [0.25, 0.3) is 0 Å². The van der Waals surface area contributed by atoms with E-state index < -0.39 is 0 Å². The van der Waals surface area contributed by atoms with Gasteiger partial charge in [0.15, 0.2) is 0 Å². The first-order chi connectivity index (χ1) is 10.2. The molecule has 1 fully saturated rings. The summed E-state index contributed by atoms with van der Waals surface area (Å²) < 4.78 is 0. The maximum absolute atomic E-state index is 12.1. The Morgan fingerprint density at radius 1 is 1.19 bits per heavy atom. The molecule has 0 atom stereocenters. The largest absolute Gasteiger partial charge is 0.367 e. The molecule has 1 aliphatic rings. The maximum atomic E-state index is 12.1. The lowest BCUT2D eigenvalue weighted by molar-refractivity contribution is 0.0946. The highest BCUT2D eigenvalue weighted by Crippen LogP contribution is 2.23. The average Bonchev–Trinajstić information content (AvgIpc) is 3.30. The van der Waals surface area contributed by atoms with Crippen molar-refractivity contribution in [1.82, 2.24) is 10.3 Å². The fourth-order valence-corrected chi connectivity index (χ4v) is 2.19. The first-order valence-corrected chi connectivity index (χ1v) is 7.35. The van der Waals surface area contributed by atoms with E-state index in [1.807, 2.05) is 36.4 Å². The molecule has 1 amide bonds. The van der Waals surface area contributed by atoms with Crippen LogP contribution in [-0.2, 0) is 6.54 Å². The van der Waals surface area contributed by atoms with Crippen molar-refractivity contribution in [1.29, 1.82) is 0 Å². The molecule has 3 rings (SSSR count). The number of aromatic nitrogens is 1. The SMILES string of the molecule is O=C(NCc1ccccc1Cl)c1cccc(NC2CC2)n1. The molecule has 0 spiro atoms. The number of carbonyl (C=O) groups is 1. The molecule has 1 aromatic heterocycles. The van der Waals surface area contributed by atoms with Crippen LogP contribution in [0.15, 0.2) is 42.5 Å². The number of pyridine rings is 1. The van der Waals surface area contributed by atoms with E-state index in [4.69, 9.17) is 11.6 Å².